The van der Waals surface area contributed by atoms with E-state index in [1.807, 2.05) is 29.5 Å². The maximum absolute atomic E-state index is 12.7. The number of anilines is 1. The Hall–Kier alpha value is -2.44. The lowest BCUT2D eigenvalue weighted by atomic mass is 10.1. The Kier molecular flexibility index (Phi) is 5.31. The summed E-state index contributed by atoms with van der Waals surface area (Å²) in [6, 6.07) is 1.82. The smallest absolute Gasteiger partial charge is 0.244 e. The standard InChI is InChI=1S/C18H26N6O/c1-4-16-14(2)21-24(15(16)3)13-17(25)22-9-6-10-23(12-11-22)18-19-7-5-8-20-18/h5,7-8H,4,6,9-13H2,1-3H3. The summed E-state index contributed by atoms with van der Waals surface area (Å²) in [5.41, 5.74) is 3.37. The van der Waals surface area contributed by atoms with Crippen molar-refractivity contribution in [1.29, 1.82) is 0 Å². The van der Waals surface area contributed by atoms with Crippen molar-refractivity contribution in [1.82, 2.24) is 24.6 Å². The lowest BCUT2D eigenvalue weighted by molar-refractivity contribution is -0.131. The topological polar surface area (TPSA) is 67.2 Å². The van der Waals surface area contributed by atoms with Crippen LogP contribution in [0.5, 0.6) is 0 Å². The number of aromatic nitrogens is 4. The van der Waals surface area contributed by atoms with Crippen LogP contribution in [-0.2, 0) is 17.8 Å². The van der Waals surface area contributed by atoms with E-state index in [4.69, 9.17) is 0 Å². The van der Waals surface area contributed by atoms with Crippen molar-refractivity contribution in [2.24, 2.45) is 0 Å². The van der Waals surface area contributed by atoms with E-state index >= 15 is 0 Å². The molecule has 2 aromatic rings. The highest BCUT2D eigenvalue weighted by molar-refractivity contribution is 5.76. The second-order valence-electron chi connectivity index (χ2n) is 6.43. The van der Waals surface area contributed by atoms with Crippen LogP contribution in [0.1, 0.15) is 30.3 Å². The number of hydrogen-bond donors (Lipinski definition) is 0. The molecular formula is C18H26N6O. The number of hydrogen-bond acceptors (Lipinski definition) is 5. The first-order chi connectivity index (χ1) is 12.1. The van der Waals surface area contributed by atoms with Gasteiger partial charge >= 0.3 is 0 Å². The Bertz CT molecular complexity index is 727. The molecule has 0 radical (unpaired) electrons. The summed E-state index contributed by atoms with van der Waals surface area (Å²) in [6.07, 6.45) is 5.37. The van der Waals surface area contributed by atoms with Gasteiger partial charge in [-0.05, 0) is 38.3 Å². The molecule has 0 N–H and O–H groups in total. The molecule has 0 aliphatic carbocycles. The zero-order valence-corrected chi connectivity index (χ0v) is 15.3. The van der Waals surface area contributed by atoms with E-state index < -0.39 is 0 Å². The van der Waals surface area contributed by atoms with Crippen LogP contribution in [0.3, 0.4) is 0 Å². The van der Waals surface area contributed by atoms with E-state index in [0.29, 0.717) is 13.1 Å². The Morgan fingerprint density at radius 3 is 2.56 bits per heavy atom. The predicted octanol–water partition coefficient (Wildman–Crippen LogP) is 1.59. The Balaban J connectivity index is 1.64. The van der Waals surface area contributed by atoms with Crippen LogP contribution >= 0.6 is 0 Å². The zero-order valence-electron chi connectivity index (χ0n) is 15.3. The van der Waals surface area contributed by atoms with Crippen molar-refractivity contribution in [3.05, 3.63) is 35.4 Å². The van der Waals surface area contributed by atoms with Gasteiger partial charge in [-0.1, -0.05) is 6.92 Å². The van der Waals surface area contributed by atoms with Gasteiger partial charge in [0.15, 0.2) is 0 Å². The van der Waals surface area contributed by atoms with E-state index in [0.717, 1.165) is 49.8 Å². The van der Waals surface area contributed by atoms with Gasteiger partial charge < -0.3 is 9.80 Å². The van der Waals surface area contributed by atoms with Gasteiger partial charge in [-0.3, -0.25) is 9.48 Å². The first kappa shape index (κ1) is 17.4. The summed E-state index contributed by atoms with van der Waals surface area (Å²) < 4.78 is 1.85. The molecular weight excluding hydrogens is 316 g/mol. The SMILES string of the molecule is CCc1c(C)nn(CC(=O)N2CCCN(c3ncccn3)CC2)c1C. The molecule has 1 aliphatic rings. The summed E-state index contributed by atoms with van der Waals surface area (Å²) >= 11 is 0. The first-order valence-corrected chi connectivity index (χ1v) is 8.92. The third-order valence-electron chi connectivity index (χ3n) is 4.85. The van der Waals surface area contributed by atoms with Gasteiger partial charge in [-0.2, -0.15) is 5.10 Å². The summed E-state index contributed by atoms with van der Waals surface area (Å²) in [4.78, 5) is 25.4. The Morgan fingerprint density at radius 2 is 1.88 bits per heavy atom. The highest BCUT2D eigenvalue weighted by Gasteiger charge is 2.22. The Labute approximate surface area is 148 Å². The predicted molar refractivity (Wildman–Crippen MR) is 96.5 cm³/mol. The van der Waals surface area contributed by atoms with Crippen LogP contribution in [0.25, 0.3) is 0 Å². The molecule has 25 heavy (non-hydrogen) atoms. The second-order valence-corrected chi connectivity index (χ2v) is 6.43. The summed E-state index contributed by atoms with van der Waals surface area (Å²) in [5.74, 6) is 0.868. The monoisotopic (exact) mass is 342 g/mol. The number of amides is 1. The number of carbonyl (C=O) groups is 1. The van der Waals surface area contributed by atoms with Gasteiger partial charge in [0.1, 0.15) is 6.54 Å². The molecule has 0 saturated carbocycles. The van der Waals surface area contributed by atoms with E-state index in [1.54, 1.807) is 12.4 Å². The van der Waals surface area contributed by atoms with Gasteiger partial charge in [-0.25, -0.2) is 9.97 Å². The maximum atomic E-state index is 12.7. The summed E-state index contributed by atoms with van der Waals surface area (Å²) in [7, 11) is 0. The molecule has 7 heteroatoms. The molecule has 0 atom stereocenters. The van der Waals surface area contributed by atoms with Gasteiger partial charge in [0, 0.05) is 44.3 Å². The fraction of sp³-hybridized carbons (Fsp3) is 0.556. The molecule has 1 amide bonds. The molecule has 0 unspecified atom stereocenters. The number of carbonyl (C=O) groups excluding carboxylic acids is 1. The molecule has 3 rings (SSSR count). The minimum atomic E-state index is 0.129. The average molecular weight is 342 g/mol. The first-order valence-electron chi connectivity index (χ1n) is 8.92. The average Bonchev–Trinajstić information content (AvgIpc) is 2.81. The number of nitrogens with zero attached hydrogens (tertiary/aromatic N) is 6. The van der Waals surface area contributed by atoms with E-state index in [2.05, 4.69) is 26.9 Å². The van der Waals surface area contributed by atoms with Crippen LogP contribution in [0.2, 0.25) is 0 Å². The van der Waals surface area contributed by atoms with Crippen molar-refractivity contribution in [2.75, 3.05) is 31.1 Å². The van der Waals surface area contributed by atoms with Gasteiger partial charge in [0.05, 0.1) is 5.69 Å². The van der Waals surface area contributed by atoms with Gasteiger partial charge in [-0.15, -0.1) is 0 Å². The lowest BCUT2D eigenvalue weighted by Crippen LogP contribution is -2.37. The van der Waals surface area contributed by atoms with Gasteiger partial charge in [0.25, 0.3) is 0 Å². The van der Waals surface area contributed by atoms with Crippen LogP contribution in [0, 0.1) is 13.8 Å². The van der Waals surface area contributed by atoms with E-state index in [-0.39, 0.29) is 5.91 Å². The molecule has 0 bridgehead atoms. The van der Waals surface area contributed by atoms with Crippen LogP contribution in [0.15, 0.2) is 18.5 Å². The fourth-order valence-corrected chi connectivity index (χ4v) is 3.45. The van der Waals surface area contributed by atoms with Crippen LogP contribution in [0.4, 0.5) is 5.95 Å². The fourth-order valence-electron chi connectivity index (χ4n) is 3.45. The second kappa shape index (κ2) is 7.63. The molecule has 7 nitrogen and oxygen atoms in total. The van der Waals surface area contributed by atoms with Gasteiger partial charge in [0.2, 0.25) is 11.9 Å². The molecule has 1 fully saturated rings. The van der Waals surface area contributed by atoms with Crippen molar-refractivity contribution in [3.8, 4) is 0 Å². The molecule has 0 spiro atoms. The maximum Gasteiger partial charge on any atom is 0.244 e. The number of rotatable bonds is 4. The number of aryl methyl sites for hydroxylation is 1. The van der Waals surface area contributed by atoms with Crippen molar-refractivity contribution >= 4 is 11.9 Å². The quantitative estimate of drug-likeness (QED) is 0.844. The lowest BCUT2D eigenvalue weighted by Gasteiger charge is -2.22. The van der Waals surface area contributed by atoms with Crippen molar-refractivity contribution in [2.45, 2.75) is 40.2 Å². The minimum Gasteiger partial charge on any atom is -0.339 e. The molecule has 1 aliphatic heterocycles. The summed E-state index contributed by atoms with van der Waals surface area (Å²) in [6.45, 7) is 9.58. The zero-order chi connectivity index (χ0) is 17.8. The highest BCUT2D eigenvalue weighted by atomic mass is 16.2. The molecule has 1 saturated heterocycles. The van der Waals surface area contributed by atoms with Crippen LogP contribution in [-0.4, -0.2) is 56.7 Å². The molecule has 2 aromatic heterocycles. The van der Waals surface area contributed by atoms with E-state index in [1.165, 1.54) is 5.56 Å². The molecule has 3 heterocycles. The molecule has 134 valence electrons. The third-order valence-corrected chi connectivity index (χ3v) is 4.85. The largest absolute Gasteiger partial charge is 0.339 e. The normalized spacial score (nSPS) is 15.3. The van der Waals surface area contributed by atoms with E-state index in [9.17, 15) is 4.79 Å². The third kappa shape index (κ3) is 3.81. The van der Waals surface area contributed by atoms with Crippen LogP contribution < -0.4 is 4.90 Å². The molecule has 0 aromatic carbocycles. The van der Waals surface area contributed by atoms with Crippen molar-refractivity contribution < 1.29 is 4.79 Å². The summed E-state index contributed by atoms with van der Waals surface area (Å²) in [5, 5.41) is 4.54. The van der Waals surface area contributed by atoms with Crippen molar-refractivity contribution in [3.63, 3.8) is 0 Å². The minimum absolute atomic E-state index is 0.129. The Morgan fingerprint density at radius 1 is 1.12 bits per heavy atom. The highest BCUT2D eigenvalue weighted by Crippen LogP contribution is 2.15.